The molecule has 2 aliphatic rings. The van der Waals surface area contributed by atoms with E-state index in [-0.39, 0.29) is 17.9 Å². The Morgan fingerprint density at radius 2 is 2.23 bits per heavy atom. The largest absolute Gasteiger partial charge is 0.368 e. The van der Waals surface area contributed by atoms with Gasteiger partial charge < -0.3 is 15.0 Å². The van der Waals surface area contributed by atoms with Gasteiger partial charge in [-0.3, -0.25) is 9.59 Å². The summed E-state index contributed by atoms with van der Waals surface area (Å²) < 4.78 is 9.28. The Hall–Kier alpha value is -2.32. The molecule has 2 amide bonds. The first kappa shape index (κ1) is 17.1. The molecule has 0 unspecified atom stereocenters. The molecule has 3 heterocycles. The third kappa shape index (κ3) is 3.34. The molecule has 0 saturated carbocycles. The maximum Gasteiger partial charge on any atom is 0.267 e. The maximum atomic E-state index is 12.7. The molecule has 0 aliphatic carbocycles. The van der Waals surface area contributed by atoms with E-state index < -0.39 is 0 Å². The quantitative estimate of drug-likeness (QED) is 0.893. The van der Waals surface area contributed by atoms with Crippen molar-refractivity contribution in [3.8, 4) is 0 Å². The summed E-state index contributed by atoms with van der Waals surface area (Å²) in [5, 5.41) is 6.85. The molecule has 1 atom stereocenters. The number of nitrogens with zero attached hydrogens (tertiary/aromatic N) is 3. The molecule has 1 saturated heterocycles. The SMILES string of the molecule is Cc1nnsc1C(=O)N1CCc2ccc(NC(=O)[C@@H]3CCCO3)cc2C1. The molecule has 1 fully saturated rings. The van der Waals surface area contributed by atoms with Gasteiger partial charge in [0.2, 0.25) is 0 Å². The van der Waals surface area contributed by atoms with Crippen LogP contribution in [0.4, 0.5) is 5.69 Å². The Bertz CT molecular complexity index is 845. The molecule has 1 N–H and O–H groups in total. The molecule has 0 spiro atoms. The first-order chi connectivity index (χ1) is 12.6. The number of benzene rings is 1. The fourth-order valence-corrected chi connectivity index (χ4v) is 4.01. The van der Waals surface area contributed by atoms with Crippen molar-refractivity contribution in [3.05, 3.63) is 39.9 Å². The zero-order valence-corrected chi connectivity index (χ0v) is 15.3. The van der Waals surface area contributed by atoms with Gasteiger partial charge in [-0.25, -0.2) is 0 Å². The first-order valence-corrected chi connectivity index (χ1v) is 9.51. The summed E-state index contributed by atoms with van der Waals surface area (Å²) in [7, 11) is 0. The number of ether oxygens (including phenoxy) is 1. The van der Waals surface area contributed by atoms with E-state index in [4.69, 9.17) is 4.74 Å². The van der Waals surface area contributed by atoms with Crippen molar-refractivity contribution in [1.29, 1.82) is 0 Å². The van der Waals surface area contributed by atoms with E-state index in [0.717, 1.165) is 42.0 Å². The van der Waals surface area contributed by atoms with Crippen LogP contribution < -0.4 is 5.32 Å². The molecule has 26 heavy (non-hydrogen) atoms. The van der Waals surface area contributed by atoms with Gasteiger partial charge >= 0.3 is 0 Å². The summed E-state index contributed by atoms with van der Waals surface area (Å²) >= 11 is 1.14. The molecule has 1 aromatic carbocycles. The molecule has 8 heteroatoms. The summed E-state index contributed by atoms with van der Waals surface area (Å²) in [5.74, 6) is -0.130. The van der Waals surface area contributed by atoms with Gasteiger partial charge in [0.05, 0.1) is 5.69 Å². The highest BCUT2D eigenvalue weighted by Crippen LogP contribution is 2.25. The summed E-state index contributed by atoms with van der Waals surface area (Å²) in [6.07, 6.45) is 2.13. The lowest BCUT2D eigenvalue weighted by Gasteiger charge is -2.29. The lowest BCUT2D eigenvalue weighted by Crippen LogP contribution is -2.36. The number of carbonyl (C=O) groups is 2. The highest BCUT2D eigenvalue weighted by molar-refractivity contribution is 7.07. The predicted octanol–water partition coefficient (Wildman–Crippen LogP) is 2.16. The first-order valence-electron chi connectivity index (χ1n) is 8.74. The summed E-state index contributed by atoms with van der Waals surface area (Å²) in [6.45, 7) is 3.64. The molecule has 136 valence electrons. The van der Waals surface area contributed by atoms with Crippen LogP contribution in [0.1, 0.15) is 39.3 Å². The van der Waals surface area contributed by atoms with E-state index >= 15 is 0 Å². The minimum absolute atomic E-state index is 0.0306. The van der Waals surface area contributed by atoms with Crippen LogP contribution in [0.2, 0.25) is 0 Å². The number of aryl methyl sites for hydroxylation is 1. The monoisotopic (exact) mass is 372 g/mol. The van der Waals surface area contributed by atoms with Crippen molar-refractivity contribution in [2.45, 2.75) is 38.8 Å². The number of nitrogens with one attached hydrogen (secondary N) is 1. The molecule has 0 radical (unpaired) electrons. The van der Waals surface area contributed by atoms with E-state index in [2.05, 4.69) is 14.9 Å². The van der Waals surface area contributed by atoms with Gasteiger partial charge in [0.15, 0.2) is 0 Å². The molecule has 7 nitrogen and oxygen atoms in total. The van der Waals surface area contributed by atoms with Crippen LogP contribution >= 0.6 is 11.5 Å². The second kappa shape index (κ2) is 7.13. The summed E-state index contributed by atoms with van der Waals surface area (Å²) in [6, 6.07) is 5.90. The fraction of sp³-hybridized carbons (Fsp3) is 0.444. The van der Waals surface area contributed by atoms with Crippen molar-refractivity contribution < 1.29 is 14.3 Å². The molecular weight excluding hydrogens is 352 g/mol. The molecule has 4 rings (SSSR count). The van der Waals surface area contributed by atoms with Crippen molar-refractivity contribution >= 4 is 29.0 Å². The zero-order valence-electron chi connectivity index (χ0n) is 14.5. The average Bonchev–Trinajstić information content (AvgIpc) is 3.32. The van der Waals surface area contributed by atoms with Gasteiger partial charge in [-0.05, 0) is 61.0 Å². The second-order valence-electron chi connectivity index (χ2n) is 6.64. The topological polar surface area (TPSA) is 84.4 Å². The third-order valence-electron chi connectivity index (χ3n) is 4.84. The van der Waals surface area contributed by atoms with Gasteiger partial charge in [0, 0.05) is 25.4 Å². The lowest BCUT2D eigenvalue weighted by atomic mass is 9.98. The standard InChI is InChI=1S/C18H20N4O3S/c1-11-16(26-21-20-11)18(24)22-7-6-12-4-5-14(9-13(12)10-22)19-17(23)15-3-2-8-25-15/h4-5,9,15H,2-3,6-8,10H2,1H3,(H,19,23)/t15-/m0/s1. The average molecular weight is 372 g/mol. The molecular formula is C18H20N4O3S. The Balaban J connectivity index is 1.48. The smallest absolute Gasteiger partial charge is 0.267 e. The van der Waals surface area contributed by atoms with Gasteiger partial charge in [-0.15, -0.1) is 5.10 Å². The van der Waals surface area contributed by atoms with Crippen molar-refractivity contribution in [2.75, 3.05) is 18.5 Å². The van der Waals surface area contributed by atoms with Crippen molar-refractivity contribution in [3.63, 3.8) is 0 Å². The number of amides is 2. The van der Waals surface area contributed by atoms with Crippen LogP contribution in [0, 0.1) is 6.92 Å². The van der Waals surface area contributed by atoms with Gasteiger partial charge in [-0.1, -0.05) is 10.6 Å². The van der Waals surface area contributed by atoms with Crippen LogP contribution in [0.5, 0.6) is 0 Å². The van der Waals surface area contributed by atoms with Crippen LogP contribution in [0.3, 0.4) is 0 Å². The third-order valence-corrected chi connectivity index (χ3v) is 5.66. The van der Waals surface area contributed by atoms with Crippen molar-refractivity contribution in [2.24, 2.45) is 0 Å². The number of aromatic nitrogens is 2. The zero-order chi connectivity index (χ0) is 18.1. The van der Waals surface area contributed by atoms with Crippen LogP contribution in [-0.2, 0) is 22.5 Å². The van der Waals surface area contributed by atoms with Crippen LogP contribution in [0.25, 0.3) is 0 Å². The van der Waals surface area contributed by atoms with Gasteiger partial charge in [0.25, 0.3) is 11.8 Å². The summed E-state index contributed by atoms with van der Waals surface area (Å²) in [5.41, 5.74) is 3.69. The number of hydrogen-bond acceptors (Lipinski definition) is 6. The highest BCUT2D eigenvalue weighted by atomic mass is 32.1. The number of hydrogen-bond donors (Lipinski definition) is 1. The lowest BCUT2D eigenvalue weighted by molar-refractivity contribution is -0.124. The predicted molar refractivity (Wildman–Crippen MR) is 97.1 cm³/mol. The van der Waals surface area contributed by atoms with E-state index in [1.54, 1.807) is 6.92 Å². The van der Waals surface area contributed by atoms with E-state index in [1.165, 1.54) is 5.56 Å². The Kier molecular flexibility index (Phi) is 4.69. The van der Waals surface area contributed by atoms with Gasteiger partial charge in [-0.2, -0.15) is 0 Å². The second-order valence-corrected chi connectivity index (χ2v) is 7.39. The molecule has 1 aromatic heterocycles. The van der Waals surface area contributed by atoms with Crippen LogP contribution in [-0.4, -0.2) is 45.6 Å². The maximum absolute atomic E-state index is 12.7. The van der Waals surface area contributed by atoms with Crippen molar-refractivity contribution in [1.82, 2.24) is 14.5 Å². The highest BCUT2D eigenvalue weighted by Gasteiger charge is 2.26. The van der Waals surface area contributed by atoms with E-state index in [9.17, 15) is 9.59 Å². The van der Waals surface area contributed by atoms with Gasteiger partial charge in [0.1, 0.15) is 11.0 Å². The molecule has 2 aliphatic heterocycles. The van der Waals surface area contributed by atoms with E-state index in [1.807, 2.05) is 23.1 Å². The minimum atomic E-state index is -0.356. The number of fused-ring (bicyclic) bond motifs is 1. The normalized spacial score (nSPS) is 19.3. The van der Waals surface area contributed by atoms with E-state index in [0.29, 0.717) is 30.3 Å². The Labute approximate surface area is 155 Å². The minimum Gasteiger partial charge on any atom is -0.368 e. The van der Waals surface area contributed by atoms with Crippen LogP contribution in [0.15, 0.2) is 18.2 Å². The summed E-state index contributed by atoms with van der Waals surface area (Å²) in [4.78, 5) is 27.3. The number of rotatable bonds is 3. The Morgan fingerprint density at radius 3 is 2.96 bits per heavy atom. The number of anilines is 1. The number of carbonyl (C=O) groups excluding carboxylic acids is 2. The fourth-order valence-electron chi connectivity index (χ4n) is 3.39. The Morgan fingerprint density at radius 1 is 1.35 bits per heavy atom. The molecule has 0 bridgehead atoms. The molecule has 2 aromatic rings.